The number of benzene rings is 1. The van der Waals surface area contributed by atoms with Gasteiger partial charge in [-0.1, -0.05) is 11.6 Å². The first-order valence-corrected chi connectivity index (χ1v) is 13.5. The summed E-state index contributed by atoms with van der Waals surface area (Å²) < 4.78 is 21.0. The third kappa shape index (κ3) is 6.14. The number of piperidine rings is 1. The van der Waals surface area contributed by atoms with Gasteiger partial charge in [0.2, 0.25) is 5.91 Å². The molecule has 4 rings (SSSR count). The number of methoxy groups -OCH3 is 1. The van der Waals surface area contributed by atoms with Gasteiger partial charge in [0, 0.05) is 28.7 Å². The number of fused-ring (bicyclic) bond motifs is 1. The van der Waals surface area contributed by atoms with E-state index in [4.69, 9.17) is 16.3 Å². The molecule has 0 aliphatic carbocycles. The average molecular weight is 535 g/mol. The van der Waals surface area contributed by atoms with Crippen LogP contribution in [0.4, 0.5) is 4.39 Å². The Labute approximate surface area is 219 Å². The maximum absolute atomic E-state index is 15.7. The number of ether oxygens (including phenoxy) is 1. The summed E-state index contributed by atoms with van der Waals surface area (Å²) in [6, 6.07) is 5.28. The molecule has 1 aromatic carbocycles. The summed E-state index contributed by atoms with van der Waals surface area (Å²) in [5.41, 5.74) is 2.01. The van der Waals surface area contributed by atoms with Gasteiger partial charge in [0.05, 0.1) is 28.1 Å². The number of alkyl halides is 1. The number of amides is 1. The predicted octanol–water partition coefficient (Wildman–Crippen LogP) is 5.75. The average Bonchev–Trinajstić information content (AvgIpc) is 3.43. The Morgan fingerprint density at radius 3 is 2.83 bits per heavy atom. The van der Waals surface area contributed by atoms with Crippen LogP contribution < -0.4 is 10.2 Å². The molecular formula is C26H32ClFN4O3S. The number of hydroxylamine groups is 1. The molecule has 194 valence electrons. The highest BCUT2D eigenvalue weighted by atomic mass is 35.5. The Hall–Kier alpha value is -2.33. The number of nitrogens with zero attached hydrogens (tertiary/aromatic N) is 3. The third-order valence-electron chi connectivity index (χ3n) is 7.25. The van der Waals surface area contributed by atoms with Gasteiger partial charge in [-0.25, -0.2) is 14.9 Å². The highest BCUT2D eigenvalue weighted by Gasteiger charge is 2.41. The van der Waals surface area contributed by atoms with Gasteiger partial charge in [0.15, 0.2) is 0 Å². The van der Waals surface area contributed by atoms with Crippen LogP contribution in [0.15, 0.2) is 36.0 Å². The molecule has 0 saturated carbocycles. The molecular weight excluding hydrogens is 503 g/mol. The minimum absolute atomic E-state index is 0.108. The number of unbranched alkanes of at least 4 members (excludes halogenated alkanes) is 1. The summed E-state index contributed by atoms with van der Waals surface area (Å²) in [6.07, 6.45) is 6.57. The van der Waals surface area contributed by atoms with Gasteiger partial charge in [0.1, 0.15) is 11.9 Å². The van der Waals surface area contributed by atoms with Crippen LogP contribution in [0.3, 0.4) is 0 Å². The van der Waals surface area contributed by atoms with E-state index in [0.717, 1.165) is 43.9 Å². The Bertz CT molecular complexity index is 1160. The lowest BCUT2D eigenvalue weighted by Gasteiger charge is -2.40. The molecule has 0 spiro atoms. The zero-order valence-corrected chi connectivity index (χ0v) is 22.0. The zero-order chi connectivity index (χ0) is 25.5. The lowest BCUT2D eigenvalue weighted by Crippen LogP contribution is -2.48. The van der Waals surface area contributed by atoms with Crippen molar-refractivity contribution < 1.29 is 19.1 Å². The summed E-state index contributed by atoms with van der Waals surface area (Å²) in [6.45, 7) is 2.42. The number of halogens is 2. The molecule has 1 unspecified atom stereocenters. The minimum atomic E-state index is -1.39. The van der Waals surface area contributed by atoms with E-state index in [1.807, 2.05) is 17.1 Å². The van der Waals surface area contributed by atoms with Gasteiger partial charge in [-0.3, -0.25) is 15.0 Å². The van der Waals surface area contributed by atoms with Gasteiger partial charge in [-0.05, 0) is 82.8 Å². The first-order chi connectivity index (χ1) is 17.5. The van der Waals surface area contributed by atoms with E-state index in [1.54, 1.807) is 36.6 Å². The van der Waals surface area contributed by atoms with Crippen molar-refractivity contribution in [2.75, 3.05) is 26.7 Å². The second kappa shape index (κ2) is 12.3. The standard InChI is InChI=1S/C26H32ClFN4O3S/c1-35-18-5-6-22-19(16-18)24(20(27)17-30-22)21(28)7-8-26(25(33)31-34)9-13-32(14-10-26)12-3-2-4-23-29-11-15-36-23/h5-6,11,15-17,21,34H,2-4,7-10,12-14H2,1H3,(H,31,33). The highest BCUT2D eigenvalue weighted by molar-refractivity contribution is 7.09. The van der Waals surface area contributed by atoms with E-state index < -0.39 is 17.5 Å². The predicted molar refractivity (Wildman–Crippen MR) is 139 cm³/mol. The summed E-state index contributed by atoms with van der Waals surface area (Å²) in [5, 5.41) is 13.5. The molecule has 3 aromatic rings. The summed E-state index contributed by atoms with van der Waals surface area (Å²) in [4.78, 5) is 23.7. The number of carbonyl (C=O) groups excluding carboxylic acids is 1. The van der Waals surface area contributed by atoms with Gasteiger partial charge >= 0.3 is 0 Å². The fraction of sp³-hybridized carbons (Fsp3) is 0.500. The normalized spacial score (nSPS) is 16.7. The number of rotatable bonds is 11. The topological polar surface area (TPSA) is 87.6 Å². The third-order valence-corrected chi connectivity index (χ3v) is 8.39. The van der Waals surface area contributed by atoms with Gasteiger partial charge in [0.25, 0.3) is 0 Å². The van der Waals surface area contributed by atoms with Crippen LogP contribution in [0, 0.1) is 5.41 Å². The molecule has 10 heteroatoms. The van der Waals surface area contributed by atoms with E-state index in [9.17, 15) is 10.0 Å². The molecule has 1 fully saturated rings. The Morgan fingerprint density at radius 1 is 1.33 bits per heavy atom. The van der Waals surface area contributed by atoms with Crippen LogP contribution >= 0.6 is 22.9 Å². The number of likely N-dealkylation sites (tertiary alicyclic amines) is 1. The SMILES string of the molecule is COc1ccc2ncc(Cl)c(C(F)CCC3(C(=O)NO)CCN(CCCCc4nccs4)CC3)c2c1. The maximum Gasteiger partial charge on any atom is 0.249 e. The van der Waals surface area contributed by atoms with E-state index in [0.29, 0.717) is 41.5 Å². The molecule has 36 heavy (non-hydrogen) atoms. The first-order valence-electron chi connectivity index (χ1n) is 12.3. The van der Waals surface area contributed by atoms with E-state index >= 15 is 4.39 Å². The molecule has 3 heterocycles. The second-order valence-corrected chi connectivity index (χ2v) is 10.7. The number of hydrogen-bond donors (Lipinski definition) is 2. The van der Waals surface area contributed by atoms with Gasteiger partial charge in [-0.15, -0.1) is 11.3 Å². The molecule has 1 aliphatic rings. The molecule has 1 aliphatic heterocycles. The Kier molecular flexibility index (Phi) is 9.11. The lowest BCUT2D eigenvalue weighted by atomic mass is 9.73. The van der Waals surface area contributed by atoms with Crippen molar-refractivity contribution in [2.24, 2.45) is 5.41 Å². The second-order valence-electron chi connectivity index (χ2n) is 9.35. The number of aryl methyl sites for hydroxylation is 1. The monoisotopic (exact) mass is 534 g/mol. The molecule has 0 radical (unpaired) electrons. The number of aromatic nitrogens is 2. The number of pyridine rings is 1. The van der Waals surface area contributed by atoms with Crippen molar-refractivity contribution >= 4 is 39.7 Å². The van der Waals surface area contributed by atoms with Crippen LogP contribution in [0.25, 0.3) is 10.9 Å². The number of thiazole rings is 1. The van der Waals surface area contributed by atoms with E-state index in [1.165, 1.54) is 6.20 Å². The Morgan fingerprint density at radius 2 is 2.14 bits per heavy atom. The molecule has 1 saturated heterocycles. The van der Waals surface area contributed by atoms with Crippen molar-refractivity contribution in [1.82, 2.24) is 20.3 Å². The van der Waals surface area contributed by atoms with Gasteiger partial charge in [-0.2, -0.15) is 0 Å². The molecule has 2 N–H and O–H groups in total. The van der Waals surface area contributed by atoms with Crippen LogP contribution in [-0.4, -0.2) is 52.7 Å². The van der Waals surface area contributed by atoms with Crippen molar-refractivity contribution in [2.45, 2.75) is 51.1 Å². The molecule has 1 atom stereocenters. The quantitative estimate of drug-likeness (QED) is 0.185. The van der Waals surface area contributed by atoms with E-state index in [-0.39, 0.29) is 11.4 Å². The van der Waals surface area contributed by atoms with Crippen molar-refractivity contribution in [3.05, 3.63) is 51.6 Å². The molecule has 1 amide bonds. The summed E-state index contributed by atoms with van der Waals surface area (Å²) >= 11 is 8.06. The fourth-order valence-electron chi connectivity index (χ4n) is 5.06. The molecule has 7 nitrogen and oxygen atoms in total. The van der Waals surface area contributed by atoms with Crippen molar-refractivity contribution in [1.29, 1.82) is 0 Å². The number of nitrogens with one attached hydrogen (secondary N) is 1. The molecule has 0 bridgehead atoms. The number of carbonyl (C=O) groups is 1. The minimum Gasteiger partial charge on any atom is -0.497 e. The smallest absolute Gasteiger partial charge is 0.249 e. The van der Waals surface area contributed by atoms with Gasteiger partial charge < -0.3 is 9.64 Å². The van der Waals surface area contributed by atoms with Crippen molar-refractivity contribution in [3.8, 4) is 5.75 Å². The van der Waals surface area contributed by atoms with Crippen LogP contribution in [0.2, 0.25) is 5.02 Å². The maximum atomic E-state index is 15.7. The van der Waals surface area contributed by atoms with Crippen LogP contribution in [0.1, 0.15) is 55.3 Å². The number of hydrogen-bond acceptors (Lipinski definition) is 7. The summed E-state index contributed by atoms with van der Waals surface area (Å²) in [5.74, 6) is 0.153. The van der Waals surface area contributed by atoms with Crippen molar-refractivity contribution in [3.63, 3.8) is 0 Å². The zero-order valence-electron chi connectivity index (χ0n) is 20.4. The summed E-state index contributed by atoms with van der Waals surface area (Å²) in [7, 11) is 1.55. The first kappa shape index (κ1) is 26.7. The lowest BCUT2D eigenvalue weighted by molar-refractivity contribution is -0.143. The van der Waals surface area contributed by atoms with Crippen LogP contribution in [0.5, 0.6) is 5.75 Å². The molecule has 2 aromatic heterocycles. The van der Waals surface area contributed by atoms with Crippen LogP contribution in [-0.2, 0) is 11.2 Å². The Balaban J connectivity index is 1.38. The fourth-order valence-corrected chi connectivity index (χ4v) is 5.99. The highest BCUT2D eigenvalue weighted by Crippen LogP contribution is 2.42. The van der Waals surface area contributed by atoms with E-state index in [2.05, 4.69) is 14.9 Å². The largest absolute Gasteiger partial charge is 0.497 e.